The van der Waals surface area contributed by atoms with Gasteiger partial charge < -0.3 is 19.6 Å². The van der Waals surface area contributed by atoms with Crippen LogP contribution in [0.2, 0.25) is 0 Å². The lowest BCUT2D eigenvalue weighted by Crippen LogP contribution is -2.50. The SMILES string of the molecule is Cc1nc(C(=O)O)ccc1N1CCN(C(=O)OC(C)(C)C)CC1. The first-order valence-electron chi connectivity index (χ1n) is 7.61. The van der Waals surface area contributed by atoms with E-state index in [1.54, 1.807) is 17.9 Å². The molecular formula is C16H23N3O4. The summed E-state index contributed by atoms with van der Waals surface area (Å²) in [5, 5.41) is 8.96. The van der Waals surface area contributed by atoms with Gasteiger partial charge in [0.25, 0.3) is 0 Å². The molecule has 7 heteroatoms. The molecule has 7 nitrogen and oxygen atoms in total. The zero-order valence-electron chi connectivity index (χ0n) is 14.0. The molecule has 1 amide bonds. The number of aromatic carboxylic acids is 1. The van der Waals surface area contributed by atoms with Crippen molar-refractivity contribution in [1.29, 1.82) is 0 Å². The van der Waals surface area contributed by atoms with E-state index in [0.29, 0.717) is 31.9 Å². The Kier molecular flexibility index (Phi) is 4.77. The molecule has 1 saturated heterocycles. The van der Waals surface area contributed by atoms with Gasteiger partial charge in [-0.2, -0.15) is 0 Å². The molecule has 0 aliphatic carbocycles. The number of aromatic nitrogens is 1. The molecule has 1 aliphatic heterocycles. The van der Waals surface area contributed by atoms with Gasteiger partial charge in [0.05, 0.1) is 11.4 Å². The zero-order valence-corrected chi connectivity index (χ0v) is 14.0. The number of amides is 1. The van der Waals surface area contributed by atoms with Crippen LogP contribution in [-0.2, 0) is 4.74 Å². The molecule has 0 aromatic carbocycles. The van der Waals surface area contributed by atoms with E-state index in [1.165, 1.54) is 6.07 Å². The topological polar surface area (TPSA) is 83.0 Å². The fourth-order valence-corrected chi connectivity index (χ4v) is 2.46. The van der Waals surface area contributed by atoms with Crippen molar-refractivity contribution in [2.75, 3.05) is 31.1 Å². The maximum atomic E-state index is 12.1. The number of carboxylic acid groups (broad SMARTS) is 1. The molecule has 0 saturated carbocycles. The molecule has 126 valence electrons. The van der Waals surface area contributed by atoms with Crippen molar-refractivity contribution in [3.8, 4) is 0 Å². The van der Waals surface area contributed by atoms with Crippen molar-refractivity contribution >= 4 is 17.7 Å². The van der Waals surface area contributed by atoms with E-state index in [1.807, 2.05) is 20.8 Å². The maximum Gasteiger partial charge on any atom is 0.410 e. The number of hydrogen-bond acceptors (Lipinski definition) is 5. The Bertz CT molecular complexity index is 602. The van der Waals surface area contributed by atoms with Crippen molar-refractivity contribution < 1.29 is 19.4 Å². The minimum absolute atomic E-state index is 0.0404. The van der Waals surface area contributed by atoms with Crippen molar-refractivity contribution in [3.05, 3.63) is 23.5 Å². The van der Waals surface area contributed by atoms with Gasteiger partial charge in [-0.1, -0.05) is 0 Å². The highest BCUT2D eigenvalue weighted by Crippen LogP contribution is 2.21. The number of carbonyl (C=O) groups is 2. The Labute approximate surface area is 135 Å². The number of ether oxygens (including phenoxy) is 1. The first-order valence-corrected chi connectivity index (χ1v) is 7.61. The second-order valence-electron chi connectivity index (χ2n) is 6.56. The number of aryl methyl sites for hydroxylation is 1. The number of piperazine rings is 1. The average molecular weight is 321 g/mol. The van der Waals surface area contributed by atoms with E-state index < -0.39 is 11.6 Å². The first-order chi connectivity index (χ1) is 10.7. The largest absolute Gasteiger partial charge is 0.477 e. The quantitative estimate of drug-likeness (QED) is 0.898. The third kappa shape index (κ3) is 4.34. The van der Waals surface area contributed by atoms with Crippen molar-refractivity contribution in [3.63, 3.8) is 0 Å². The van der Waals surface area contributed by atoms with Crippen molar-refractivity contribution in [2.45, 2.75) is 33.3 Å². The van der Waals surface area contributed by atoms with Gasteiger partial charge in [0.1, 0.15) is 11.3 Å². The normalized spacial score (nSPS) is 15.5. The Morgan fingerprint density at radius 3 is 2.26 bits per heavy atom. The second-order valence-corrected chi connectivity index (χ2v) is 6.56. The summed E-state index contributed by atoms with van der Waals surface area (Å²) in [6.45, 7) is 9.79. The van der Waals surface area contributed by atoms with Gasteiger partial charge in [0.2, 0.25) is 0 Å². The molecular weight excluding hydrogens is 298 g/mol. The number of rotatable bonds is 2. The minimum Gasteiger partial charge on any atom is -0.477 e. The van der Waals surface area contributed by atoms with Gasteiger partial charge in [-0.05, 0) is 39.8 Å². The van der Waals surface area contributed by atoms with Gasteiger partial charge in [-0.25, -0.2) is 14.6 Å². The molecule has 0 bridgehead atoms. The van der Waals surface area contributed by atoms with Crippen molar-refractivity contribution in [1.82, 2.24) is 9.88 Å². The van der Waals surface area contributed by atoms with Gasteiger partial charge >= 0.3 is 12.1 Å². The third-order valence-corrected chi connectivity index (χ3v) is 3.55. The minimum atomic E-state index is -1.03. The van der Waals surface area contributed by atoms with Crippen LogP contribution in [-0.4, -0.2) is 58.8 Å². The molecule has 23 heavy (non-hydrogen) atoms. The number of carboxylic acids is 1. The van der Waals surface area contributed by atoms with Crippen LogP contribution in [0.3, 0.4) is 0 Å². The molecule has 0 unspecified atom stereocenters. The molecule has 2 rings (SSSR count). The third-order valence-electron chi connectivity index (χ3n) is 3.55. The highest BCUT2D eigenvalue weighted by molar-refractivity contribution is 5.85. The van der Waals surface area contributed by atoms with E-state index in [2.05, 4.69) is 9.88 Å². The standard InChI is InChI=1S/C16H23N3O4/c1-11-13(6-5-12(17-11)14(20)21)18-7-9-19(10-8-18)15(22)23-16(2,3)4/h5-6H,7-10H2,1-4H3,(H,20,21). The molecule has 0 spiro atoms. The summed E-state index contributed by atoms with van der Waals surface area (Å²) in [5.74, 6) is -1.03. The van der Waals surface area contributed by atoms with Crippen LogP contribution < -0.4 is 4.90 Å². The Balaban J connectivity index is 1.99. The predicted molar refractivity (Wildman–Crippen MR) is 86.0 cm³/mol. The summed E-state index contributed by atoms with van der Waals surface area (Å²) in [7, 11) is 0. The van der Waals surface area contributed by atoms with E-state index in [4.69, 9.17) is 9.84 Å². The lowest BCUT2D eigenvalue weighted by atomic mass is 10.2. The lowest BCUT2D eigenvalue weighted by molar-refractivity contribution is 0.0240. The van der Waals surface area contributed by atoms with Gasteiger partial charge in [-0.3, -0.25) is 0 Å². The number of anilines is 1. The van der Waals surface area contributed by atoms with Gasteiger partial charge in [-0.15, -0.1) is 0 Å². The molecule has 1 N–H and O–H groups in total. The van der Waals surface area contributed by atoms with Crippen molar-refractivity contribution in [2.24, 2.45) is 0 Å². The molecule has 0 atom stereocenters. The maximum absolute atomic E-state index is 12.1. The molecule has 0 radical (unpaired) electrons. The highest BCUT2D eigenvalue weighted by Gasteiger charge is 2.26. The van der Waals surface area contributed by atoms with Crippen LogP contribution in [0.1, 0.15) is 37.0 Å². The summed E-state index contributed by atoms with van der Waals surface area (Å²) in [5.41, 5.74) is 1.12. The fraction of sp³-hybridized carbons (Fsp3) is 0.562. The van der Waals surface area contributed by atoms with Crippen LogP contribution in [0, 0.1) is 6.92 Å². The molecule has 1 aromatic heterocycles. The Morgan fingerprint density at radius 1 is 1.17 bits per heavy atom. The zero-order chi connectivity index (χ0) is 17.2. The summed E-state index contributed by atoms with van der Waals surface area (Å²) >= 11 is 0. The number of pyridine rings is 1. The van der Waals surface area contributed by atoms with Gasteiger partial charge in [0.15, 0.2) is 0 Å². The monoisotopic (exact) mass is 321 g/mol. The lowest BCUT2D eigenvalue weighted by Gasteiger charge is -2.37. The Hall–Kier alpha value is -2.31. The summed E-state index contributed by atoms with van der Waals surface area (Å²) in [6.07, 6.45) is -0.298. The van der Waals surface area contributed by atoms with Crippen LogP contribution in [0.4, 0.5) is 10.5 Å². The van der Waals surface area contributed by atoms with Gasteiger partial charge in [0, 0.05) is 26.2 Å². The van der Waals surface area contributed by atoms with E-state index in [-0.39, 0.29) is 11.8 Å². The van der Waals surface area contributed by atoms with Crippen LogP contribution in [0.25, 0.3) is 0 Å². The first kappa shape index (κ1) is 17.1. The molecule has 1 aromatic rings. The van der Waals surface area contributed by atoms with Crippen LogP contribution >= 0.6 is 0 Å². The Morgan fingerprint density at radius 2 is 1.78 bits per heavy atom. The summed E-state index contributed by atoms with van der Waals surface area (Å²) < 4.78 is 5.37. The molecule has 1 aliphatic rings. The fourth-order valence-electron chi connectivity index (χ4n) is 2.46. The number of carbonyl (C=O) groups excluding carboxylic acids is 1. The highest BCUT2D eigenvalue weighted by atomic mass is 16.6. The summed E-state index contributed by atoms with van der Waals surface area (Å²) in [6, 6.07) is 3.28. The second kappa shape index (κ2) is 6.44. The van der Waals surface area contributed by atoms with Crippen LogP contribution in [0.5, 0.6) is 0 Å². The smallest absolute Gasteiger partial charge is 0.410 e. The van der Waals surface area contributed by atoms with E-state index in [9.17, 15) is 9.59 Å². The van der Waals surface area contributed by atoms with E-state index in [0.717, 1.165) is 5.69 Å². The number of nitrogens with zero attached hydrogens (tertiary/aromatic N) is 3. The van der Waals surface area contributed by atoms with E-state index >= 15 is 0 Å². The average Bonchev–Trinajstić information content (AvgIpc) is 2.45. The predicted octanol–water partition coefficient (Wildman–Crippen LogP) is 2.15. The van der Waals surface area contributed by atoms with Crippen LogP contribution in [0.15, 0.2) is 12.1 Å². The molecule has 1 fully saturated rings. The number of hydrogen-bond donors (Lipinski definition) is 1. The molecule has 2 heterocycles. The summed E-state index contributed by atoms with van der Waals surface area (Å²) in [4.78, 5) is 30.9.